The van der Waals surface area contributed by atoms with Crippen LogP contribution in [0.3, 0.4) is 0 Å². The second-order valence-electron chi connectivity index (χ2n) is 5.04. The Hall–Kier alpha value is -3.08. The second kappa shape index (κ2) is 6.43. The first-order valence-electron chi connectivity index (χ1n) is 7.11. The predicted octanol–water partition coefficient (Wildman–Crippen LogP) is 1.12. The van der Waals surface area contributed by atoms with Crippen LogP contribution in [-0.2, 0) is 10.0 Å². The number of aryl methyl sites for hydroxylation is 1. The van der Waals surface area contributed by atoms with Crippen molar-refractivity contribution >= 4 is 15.7 Å². The standard InChI is InChI=1S/C14H16N6O4S/c1-9-13(14(18-17-9)20-7-15-16-8-20)19-25(21,22)10-4-5-11(23-2)12(6-10)24-3/h4-8,19H,1-3H3,(H,17,18). The smallest absolute Gasteiger partial charge is 0.262 e. The van der Waals surface area contributed by atoms with Crippen LogP contribution in [0.5, 0.6) is 11.5 Å². The molecule has 132 valence electrons. The zero-order valence-corrected chi connectivity index (χ0v) is 14.5. The molecule has 2 aromatic heterocycles. The maximum Gasteiger partial charge on any atom is 0.262 e. The number of rotatable bonds is 6. The first kappa shape index (κ1) is 16.8. The molecule has 0 fully saturated rings. The van der Waals surface area contributed by atoms with Gasteiger partial charge < -0.3 is 9.47 Å². The molecule has 0 amide bonds. The Morgan fingerprint density at radius 3 is 2.44 bits per heavy atom. The molecule has 11 heteroatoms. The van der Waals surface area contributed by atoms with E-state index in [1.165, 1.54) is 49.6 Å². The van der Waals surface area contributed by atoms with Gasteiger partial charge in [0.2, 0.25) is 0 Å². The summed E-state index contributed by atoms with van der Waals surface area (Å²) >= 11 is 0. The lowest BCUT2D eigenvalue weighted by Crippen LogP contribution is -2.15. The van der Waals surface area contributed by atoms with Gasteiger partial charge in [-0.3, -0.25) is 14.4 Å². The van der Waals surface area contributed by atoms with E-state index in [9.17, 15) is 8.42 Å². The maximum absolute atomic E-state index is 12.8. The highest BCUT2D eigenvalue weighted by atomic mass is 32.2. The van der Waals surface area contributed by atoms with Crippen molar-refractivity contribution in [3.05, 3.63) is 36.5 Å². The number of nitrogens with zero attached hydrogens (tertiary/aromatic N) is 4. The number of anilines is 1. The molecule has 2 heterocycles. The molecule has 0 unspecified atom stereocenters. The van der Waals surface area contributed by atoms with Crippen molar-refractivity contribution in [3.63, 3.8) is 0 Å². The number of ether oxygens (including phenoxy) is 2. The Morgan fingerprint density at radius 2 is 1.80 bits per heavy atom. The zero-order chi connectivity index (χ0) is 18.0. The van der Waals surface area contributed by atoms with Crippen LogP contribution in [0, 0.1) is 6.92 Å². The molecule has 0 saturated heterocycles. The van der Waals surface area contributed by atoms with Crippen molar-refractivity contribution in [1.82, 2.24) is 25.0 Å². The minimum atomic E-state index is -3.88. The third kappa shape index (κ3) is 3.13. The number of methoxy groups -OCH3 is 2. The van der Waals surface area contributed by atoms with Crippen LogP contribution in [0.25, 0.3) is 5.82 Å². The Bertz CT molecular complexity index is 981. The summed E-state index contributed by atoms with van der Waals surface area (Å²) in [5.41, 5.74) is 0.849. The minimum absolute atomic E-state index is 0.0282. The Kier molecular flexibility index (Phi) is 4.31. The summed E-state index contributed by atoms with van der Waals surface area (Å²) in [7, 11) is -0.963. The van der Waals surface area contributed by atoms with Crippen molar-refractivity contribution in [2.24, 2.45) is 0 Å². The average molecular weight is 364 g/mol. The van der Waals surface area contributed by atoms with Gasteiger partial charge in [0.05, 0.1) is 24.8 Å². The SMILES string of the molecule is COc1ccc(S(=O)(=O)Nc2c(-n3cnnc3)n[nH]c2C)cc1OC. The van der Waals surface area contributed by atoms with Gasteiger partial charge in [-0.1, -0.05) is 0 Å². The first-order valence-corrected chi connectivity index (χ1v) is 8.59. The molecule has 3 rings (SSSR count). The largest absolute Gasteiger partial charge is 0.493 e. The van der Waals surface area contributed by atoms with Crippen molar-refractivity contribution < 1.29 is 17.9 Å². The molecule has 0 bridgehead atoms. The molecular formula is C14H16N6O4S. The number of aromatic amines is 1. The summed E-state index contributed by atoms with van der Waals surface area (Å²) in [6, 6.07) is 4.34. The molecule has 0 aliphatic carbocycles. The van der Waals surface area contributed by atoms with E-state index in [1.807, 2.05) is 0 Å². The number of sulfonamides is 1. The number of hydrogen-bond acceptors (Lipinski definition) is 7. The molecule has 2 N–H and O–H groups in total. The molecule has 0 aliphatic rings. The average Bonchev–Trinajstić information content (AvgIpc) is 3.24. The van der Waals surface area contributed by atoms with Crippen LogP contribution in [0.1, 0.15) is 5.69 Å². The Balaban J connectivity index is 1.99. The normalized spacial score (nSPS) is 11.3. The molecule has 0 saturated carbocycles. The van der Waals surface area contributed by atoms with E-state index in [4.69, 9.17) is 9.47 Å². The fraction of sp³-hybridized carbons (Fsp3) is 0.214. The molecule has 0 spiro atoms. The van der Waals surface area contributed by atoms with E-state index < -0.39 is 10.0 Å². The first-order chi connectivity index (χ1) is 12.0. The summed E-state index contributed by atoms with van der Waals surface area (Å²) in [6.45, 7) is 1.70. The quantitative estimate of drug-likeness (QED) is 0.671. The van der Waals surface area contributed by atoms with Crippen LogP contribution >= 0.6 is 0 Å². The third-order valence-electron chi connectivity index (χ3n) is 3.49. The van der Waals surface area contributed by atoms with Crippen LogP contribution in [0.4, 0.5) is 5.69 Å². The van der Waals surface area contributed by atoms with E-state index in [0.717, 1.165) is 0 Å². The molecule has 0 atom stereocenters. The maximum atomic E-state index is 12.8. The summed E-state index contributed by atoms with van der Waals surface area (Å²) in [5.74, 6) is 1.09. The monoisotopic (exact) mass is 364 g/mol. The van der Waals surface area contributed by atoms with Gasteiger partial charge in [0.25, 0.3) is 10.0 Å². The number of benzene rings is 1. The van der Waals surface area contributed by atoms with Crippen LogP contribution in [0.2, 0.25) is 0 Å². The van der Waals surface area contributed by atoms with Crippen LogP contribution < -0.4 is 14.2 Å². The van der Waals surface area contributed by atoms with E-state index in [-0.39, 0.29) is 4.90 Å². The van der Waals surface area contributed by atoms with Gasteiger partial charge in [0, 0.05) is 6.07 Å². The van der Waals surface area contributed by atoms with Gasteiger partial charge in [-0.15, -0.1) is 10.2 Å². The molecule has 1 aromatic carbocycles. The van der Waals surface area contributed by atoms with E-state index in [0.29, 0.717) is 28.7 Å². The number of hydrogen-bond donors (Lipinski definition) is 2. The highest BCUT2D eigenvalue weighted by Crippen LogP contribution is 2.31. The molecule has 25 heavy (non-hydrogen) atoms. The summed E-state index contributed by atoms with van der Waals surface area (Å²) in [4.78, 5) is 0.0282. The van der Waals surface area contributed by atoms with Crippen LogP contribution in [0.15, 0.2) is 35.7 Å². The lowest BCUT2D eigenvalue weighted by Gasteiger charge is -2.12. The van der Waals surface area contributed by atoms with Crippen molar-refractivity contribution in [2.75, 3.05) is 18.9 Å². The summed E-state index contributed by atoms with van der Waals surface area (Å²) < 4.78 is 39.8. The van der Waals surface area contributed by atoms with E-state index >= 15 is 0 Å². The van der Waals surface area contributed by atoms with E-state index in [1.54, 1.807) is 6.92 Å². The highest BCUT2D eigenvalue weighted by molar-refractivity contribution is 7.92. The number of nitrogens with one attached hydrogen (secondary N) is 2. The lowest BCUT2D eigenvalue weighted by atomic mass is 10.3. The Morgan fingerprint density at radius 1 is 1.12 bits per heavy atom. The molecular weight excluding hydrogens is 348 g/mol. The fourth-order valence-corrected chi connectivity index (χ4v) is 3.35. The summed E-state index contributed by atoms with van der Waals surface area (Å²) in [6.07, 6.45) is 2.84. The fourth-order valence-electron chi connectivity index (χ4n) is 2.21. The lowest BCUT2D eigenvalue weighted by molar-refractivity contribution is 0.354. The molecule has 10 nitrogen and oxygen atoms in total. The van der Waals surface area contributed by atoms with E-state index in [2.05, 4.69) is 25.1 Å². The Labute approximate surface area is 143 Å². The predicted molar refractivity (Wildman–Crippen MR) is 88.6 cm³/mol. The third-order valence-corrected chi connectivity index (χ3v) is 4.84. The number of H-pyrrole nitrogens is 1. The van der Waals surface area contributed by atoms with Gasteiger partial charge in [-0.05, 0) is 19.1 Å². The molecule has 3 aromatic rings. The van der Waals surface area contributed by atoms with Gasteiger partial charge in [0.15, 0.2) is 17.3 Å². The minimum Gasteiger partial charge on any atom is -0.493 e. The van der Waals surface area contributed by atoms with Crippen LogP contribution in [-0.4, -0.2) is 47.6 Å². The number of aromatic nitrogens is 5. The highest BCUT2D eigenvalue weighted by Gasteiger charge is 2.22. The molecule has 0 radical (unpaired) electrons. The van der Waals surface area contributed by atoms with Gasteiger partial charge in [-0.2, -0.15) is 5.10 Å². The molecule has 0 aliphatic heterocycles. The van der Waals surface area contributed by atoms with Gasteiger partial charge >= 0.3 is 0 Å². The topological polar surface area (TPSA) is 124 Å². The van der Waals surface area contributed by atoms with Crippen molar-refractivity contribution in [1.29, 1.82) is 0 Å². The van der Waals surface area contributed by atoms with Gasteiger partial charge in [0.1, 0.15) is 18.3 Å². The van der Waals surface area contributed by atoms with Crippen molar-refractivity contribution in [2.45, 2.75) is 11.8 Å². The zero-order valence-electron chi connectivity index (χ0n) is 13.7. The van der Waals surface area contributed by atoms with Crippen molar-refractivity contribution in [3.8, 4) is 17.3 Å². The van der Waals surface area contributed by atoms with Gasteiger partial charge in [-0.25, -0.2) is 8.42 Å². The summed E-state index contributed by atoms with van der Waals surface area (Å²) in [5, 5.41) is 14.2. The second-order valence-corrected chi connectivity index (χ2v) is 6.72.